The highest BCUT2D eigenvalue weighted by Gasteiger charge is 2.32. The maximum Gasteiger partial charge on any atom is 0.357 e. The monoisotopic (exact) mass is 507 g/mol. The SMILES string of the molecule is C=C/C=C(\C(=C/C)c1n[nH][nH]1)c1ccc(Cn2c(CCC)nc(C(C)(C)O)c2C(=O)OCC)cc1.CC. The Kier molecular flexibility index (Phi) is 10.9. The van der Waals surface area contributed by atoms with Gasteiger partial charge in [0.1, 0.15) is 17.1 Å². The van der Waals surface area contributed by atoms with Gasteiger partial charge in [-0.2, -0.15) is 0 Å². The molecule has 3 rings (SSSR count). The molecule has 200 valence electrons. The number of esters is 1. The van der Waals surface area contributed by atoms with Crippen LogP contribution in [-0.2, 0) is 23.3 Å². The van der Waals surface area contributed by atoms with E-state index in [1.165, 1.54) is 0 Å². The number of benzene rings is 1. The Morgan fingerprint density at radius 2 is 1.84 bits per heavy atom. The molecule has 0 aliphatic heterocycles. The lowest BCUT2D eigenvalue weighted by atomic mass is 9.95. The fraction of sp³-hybridized carbons (Fsp3) is 0.414. The predicted molar refractivity (Wildman–Crippen MR) is 149 cm³/mol. The van der Waals surface area contributed by atoms with Crippen LogP contribution in [-0.4, -0.2) is 42.6 Å². The third-order valence-electron chi connectivity index (χ3n) is 5.63. The molecule has 0 atom stereocenters. The highest BCUT2D eigenvalue weighted by molar-refractivity contribution is 6.03. The maximum atomic E-state index is 12.9. The third-order valence-corrected chi connectivity index (χ3v) is 5.63. The Bertz CT molecular complexity index is 1210. The van der Waals surface area contributed by atoms with Crippen molar-refractivity contribution in [2.24, 2.45) is 0 Å². The zero-order valence-corrected chi connectivity index (χ0v) is 23.2. The predicted octanol–water partition coefficient (Wildman–Crippen LogP) is 6.04. The van der Waals surface area contributed by atoms with Gasteiger partial charge in [0, 0.05) is 18.5 Å². The summed E-state index contributed by atoms with van der Waals surface area (Å²) in [6.07, 6.45) is 7.25. The van der Waals surface area contributed by atoms with Crippen molar-refractivity contribution in [1.82, 2.24) is 25.0 Å². The van der Waals surface area contributed by atoms with Crippen molar-refractivity contribution >= 4 is 17.1 Å². The van der Waals surface area contributed by atoms with Gasteiger partial charge in [0.05, 0.1) is 6.61 Å². The third kappa shape index (κ3) is 6.98. The Morgan fingerprint density at radius 3 is 2.30 bits per heavy atom. The minimum atomic E-state index is -1.28. The van der Waals surface area contributed by atoms with Gasteiger partial charge in [0.15, 0.2) is 11.5 Å². The number of imidazole rings is 1. The topological polar surface area (TPSA) is 109 Å². The molecular formula is C29H41N5O3. The lowest BCUT2D eigenvalue weighted by Gasteiger charge is -2.18. The number of aromatic nitrogens is 5. The minimum absolute atomic E-state index is 0.245. The number of ether oxygens (including phenoxy) is 1. The van der Waals surface area contributed by atoms with Crippen molar-refractivity contribution in [2.75, 3.05) is 6.61 Å². The van der Waals surface area contributed by atoms with E-state index in [-0.39, 0.29) is 6.61 Å². The average Bonchev–Trinajstić information content (AvgIpc) is 3.21. The first-order valence-corrected chi connectivity index (χ1v) is 12.9. The van der Waals surface area contributed by atoms with Crippen LogP contribution in [0.2, 0.25) is 0 Å². The van der Waals surface area contributed by atoms with E-state index in [2.05, 4.69) is 33.9 Å². The molecule has 3 N–H and O–H groups in total. The fourth-order valence-electron chi connectivity index (χ4n) is 4.01. The number of hydrogen-bond acceptors (Lipinski definition) is 5. The summed E-state index contributed by atoms with van der Waals surface area (Å²) in [7, 11) is 0. The molecule has 0 aliphatic rings. The molecule has 37 heavy (non-hydrogen) atoms. The van der Waals surface area contributed by atoms with Gasteiger partial charge in [0.2, 0.25) is 0 Å². The number of aryl methyl sites for hydroxylation is 1. The van der Waals surface area contributed by atoms with Crippen LogP contribution >= 0.6 is 0 Å². The number of H-pyrrole nitrogens is 2. The van der Waals surface area contributed by atoms with E-state index in [1.807, 2.05) is 61.8 Å². The van der Waals surface area contributed by atoms with E-state index < -0.39 is 11.6 Å². The molecular weight excluding hydrogens is 466 g/mol. The van der Waals surface area contributed by atoms with Gasteiger partial charge in [-0.1, -0.05) is 69.8 Å². The summed E-state index contributed by atoms with van der Waals surface area (Å²) in [5, 5.41) is 20.6. The molecule has 0 unspecified atom stereocenters. The quantitative estimate of drug-likeness (QED) is 0.217. The Morgan fingerprint density at radius 1 is 1.19 bits per heavy atom. The number of carbonyl (C=O) groups is 1. The number of carbonyl (C=O) groups excluding carboxylic acids is 1. The molecule has 0 aliphatic carbocycles. The summed E-state index contributed by atoms with van der Waals surface area (Å²) in [5.41, 5.74) is 3.34. The first-order valence-electron chi connectivity index (χ1n) is 12.9. The van der Waals surface area contributed by atoms with E-state index in [0.29, 0.717) is 24.4 Å². The normalized spacial score (nSPS) is 12.2. The Balaban J connectivity index is 0.00000235. The molecule has 0 fully saturated rings. The fourth-order valence-corrected chi connectivity index (χ4v) is 4.01. The van der Waals surface area contributed by atoms with E-state index in [4.69, 9.17) is 4.74 Å². The zero-order chi connectivity index (χ0) is 27.6. The van der Waals surface area contributed by atoms with Gasteiger partial charge in [-0.15, -0.1) is 5.10 Å². The molecule has 0 saturated carbocycles. The van der Waals surface area contributed by atoms with Crippen LogP contribution in [0.25, 0.3) is 11.1 Å². The van der Waals surface area contributed by atoms with Crippen LogP contribution in [0, 0.1) is 0 Å². The summed E-state index contributed by atoms with van der Waals surface area (Å²) in [4.78, 5) is 17.6. The molecule has 0 bridgehead atoms. The van der Waals surface area contributed by atoms with Gasteiger partial charge in [-0.25, -0.2) is 15.0 Å². The molecule has 3 aromatic rings. The first-order chi connectivity index (χ1) is 17.7. The zero-order valence-electron chi connectivity index (χ0n) is 23.2. The van der Waals surface area contributed by atoms with Gasteiger partial charge >= 0.3 is 5.97 Å². The van der Waals surface area contributed by atoms with Crippen LogP contribution in [0.3, 0.4) is 0 Å². The van der Waals surface area contributed by atoms with Crippen LogP contribution < -0.4 is 0 Å². The molecule has 2 aromatic heterocycles. The molecule has 0 saturated heterocycles. The van der Waals surface area contributed by atoms with Crippen molar-refractivity contribution in [3.63, 3.8) is 0 Å². The number of nitrogens with zero attached hydrogens (tertiary/aromatic N) is 3. The van der Waals surface area contributed by atoms with Crippen molar-refractivity contribution in [1.29, 1.82) is 0 Å². The number of hydrogen-bond donors (Lipinski definition) is 3. The summed E-state index contributed by atoms with van der Waals surface area (Å²) in [6, 6.07) is 8.14. The van der Waals surface area contributed by atoms with E-state index in [1.54, 1.807) is 26.8 Å². The second-order valence-corrected chi connectivity index (χ2v) is 8.75. The summed E-state index contributed by atoms with van der Waals surface area (Å²) < 4.78 is 7.21. The highest BCUT2D eigenvalue weighted by Crippen LogP contribution is 2.31. The molecule has 8 heteroatoms. The number of nitrogens with one attached hydrogen (secondary N) is 2. The van der Waals surface area contributed by atoms with Crippen LogP contribution in [0.4, 0.5) is 0 Å². The van der Waals surface area contributed by atoms with Crippen LogP contribution in [0.1, 0.15) is 93.8 Å². The lowest BCUT2D eigenvalue weighted by Crippen LogP contribution is -2.23. The second-order valence-electron chi connectivity index (χ2n) is 8.75. The van der Waals surface area contributed by atoms with Crippen molar-refractivity contribution in [2.45, 2.75) is 73.5 Å². The van der Waals surface area contributed by atoms with E-state index >= 15 is 0 Å². The summed E-state index contributed by atoms with van der Waals surface area (Å²) in [6.45, 7) is 17.6. The number of allylic oxidation sites excluding steroid dienone is 5. The van der Waals surface area contributed by atoms with Gasteiger partial charge in [0.25, 0.3) is 0 Å². The molecule has 1 aromatic carbocycles. The number of aliphatic hydroxyl groups is 1. The highest BCUT2D eigenvalue weighted by atomic mass is 16.5. The molecule has 2 heterocycles. The summed E-state index contributed by atoms with van der Waals surface area (Å²) in [5.74, 6) is 1.04. The van der Waals surface area contributed by atoms with Crippen LogP contribution in [0.15, 0.2) is 49.1 Å². The second kappa shape index (κ2) is 13.6. The van der Waals surface area contributed by atoms with Crippen molar-refractivity contribution in [3.8, 4) is 0 Å². The average molecular weight is 508 g/mol. The molecule has 0 spiro atoms. The smallest absolute Gasteiger partial charge is 0.357 e. The molecule has 0 amide bonds. The van der Waals surface area contributed by atoms with Gasteiger partial charge < -0.3 is 14.4 Å². The first kappa shape index (κ1) is 29.6. The lowest BCUT2D eigenvalue weighted by molar-refractivity contribution is 0.0469. The molecule has 0 radical (unpaired) electrons. The Hall–Kier alpha value is -3.65. The number of aromatic amines is 2. The standard InChI is InChI=1S/C27H35N5O3.C2H6/c1-7-11-21(20(9-3)25-29-31-30-25)19-15-13-18(14-16-19)17-32-22(12-8-2)28-24(27(5,6)34)23(32)26(33)35-10-4;1-2/h7,9,11,13-16,31,34H,1,8,10,12,17H2,2-6H3,(H,29,30);1-2H3/b20-9+,21-11-;. The Labute approximate surface area is 220 Å². The number of rotatable bonds is 11. The van der Waals surface area contributed by atoms with Crippen molar-refractivity contribution < 1.29 is 14.6 Å². The van der Waals surface area contributed by atoms with Crippen LogP contribution in [0.5, 0.6) is 0 Å². The maximum absolute atomic E-state index is 12.9. The van der Waals surface area contributed by atoms with Gasteiger partial charge in [-0.05, 0) is 50.8 Å². The largest absolute Gasteiger partial charge is 0.461 e. The van der Waals surface area contributed by atoms with E-state index in [9.17, 15) is 9.90 Å². The minimum Gasteiger partial charge on any atom is -0.461 e. The molecule has 8 nitrogen and oxygen atoms in total. The van der Waals surface area contributed by atoms with Crippen molar-refractivity contribution in [3.05, 3.63) is 83.2 Å². The van der Waals surface area contributed by atoms with Gasteiger partial charge in [-0.3, -0.25) is 5.10 Å². The summed E-state index contributed by atoms with van der Waals surface area (Å²) >= 11 is 0. The van der Waals surface area contributed by atoms with E-state index in [0.717, 1.165) is 40.3 Å².